The quantitative estimate of drug-likeness (QED) is 0.548. The number of hydrogen-bond donors (Lipinski definition) is 1. The highest BCUT2D eigenvalue weighted by atomic mass is 31.0. The van der Waals surface area contributed by atoms with Gasteiger partial charge in [0.2, 0.25) is 0 Å². The lowest BCUT2D eigenvalue weighted by Crippen LogP contribution is -2.27. The Balaban J connectivity index is 2.24. The van der Waals surface area contributed by atoms with Crippen molar-refractivity contribution < 1.29 is 9.13 Å². The van der Waals surface area contributed by atoms with E-state index in [1.165, 1.54) is 12.1 Å². The molecule has 1 aliphatic heterocycles. The maximum Gasteiger partial charge on any atom is 0.139 e. The van der Waals surface area contributed by atoms with Crippen LogP contribution in [0, 0.1) is 5.82 Å². The lowest BCUT2D eigenvalue weighted by Gasteiger charge is -2.14. The van der Waals surface area contributed by atoms with Crippen LogP contribution in [0.2, 0.25) is 0 Å². The van der Waals surface area contributed by atoms with Crippen LogP contribution in [0.4, 0.5) is 4.39 Å². The second-order valence-electron chi connectivity index (χ2n) is 3.94. The molecule has 5 heteroatoms. The number of ether oxygens (including phenoxy) is 1. The van der Waals surface area contributed by atoms with Crippen molar-refractivity contribution in [3.8, 4) is 0 Å². The Morgan fingerprint density at radius 2 is 2.27 bits per heavy atom. The van der Waals surface area contributed by atoms with Crippen molar-refractivity contribution in [3.05, 3.63) is 29.6 Å². The molecule has 0 bridgehead atoms. The Morgan fingerprint density at radius 3 is 2.80 bits per heavy atom. The minimum Gasteiger partial charge on any atom is -0.350 e. The van der Waals surface area contributed by atoms with Crippen LogP contribution < -0.4 is 10.8 Å². The summed E-state index contributed by atoms with van der Waals surface area (Å²) in [6, 6.07) is 5.07. The second-order valence-corrected chi connectivity index (χ2v) is 4.59. The predicted molar refractivity (Wildman–Crippen MR) is 64.5 cm³/mol. The smallest absolute Gasteiger partial charge is 0.139 e. The van der Waals surface area contributed by atoms with Gasteiger partial charge in [0.1, 0.15) is 19.9 Å². The molecule has 2 unspecified atom stereocenters. The Kier molecular flexibility index (Phi) is 3.10. The number of rotatable bonds is 1. The van der Waals surface area contributed by atoms with Crippen LogP contribution in [-0.4, -0.2) is 19.7 Å². The van der Waals surface area contributed by atoms with Crippen LogP contribution in [0.5, 0.6) is 0 Å². The first-order chi connectivity index (χ1) is 7.08. The molecule has 0 saturated carbocycles. The number of halogens is 1. The van der Waals surface area contributed by atoms with Gasteiger partial charge in [-0.05, 0) is 24.6 Å². The highest BCUT2D eigenvalue weighted by Crippen LogP contribution is 2.27. The van der Waals surface area contributed by atoms with Crippen molar-refractivity contribution in [2.45, 2.75) is 25.0 Å². The monoisotopic (exact) mass is 225 g/mol. The molecular formula is C10H14BFNOP. The molecule has 1 aromatic rings. The van der Waals surface area contributed by atoms with Gasteiger partial charge < -0.3 is 4.74 Å². The average molecular weight is 225 g/mol. The van der Waals surface area contributed by atoms with E-state index < -0.39 is 0 Å². The summed E-state index contributed by atoms with van der Waals surface area (Å²) in [6.45, 7) is 2.07. The zero-order chi connectivity index (χ0) is 11.0. The van der Waals surface area contributed by atoms with Crippen molar-refractivity contribution in [1.82, 2.24) is 5.32 Å². The molecule has 0 radical (unpaired) electrons. The fraction of sp³-hybridized carbons (Fsp3) is 0.400. The van der Waals surface area contributed by atoms with Crippen LogP contribution in [0.3, 0.4) is 0 Å². The average Bonchev–Trinajstić information content (AvgIpc) is 2.46. The summed E-state index contributed by atoms with van der Waals surface area (Å²) in [5.74, 6) is -0.0934. The van der Waals surface area contributed by atoms with Gasteiger partial charge in [0.15, 0.2) is 0 Å². The Bertz CT molecular complexity index is 366. The van der Waals surface area contributed by atoms with E-state index >= 15 is 0 Å². The third-order valence-electron chi connectivity index (χ3n) is 2.71. The number of nitrogens with one attached hydrogen (secondary N) is 1. The molecule has 1 aliphatic rings. The summed E-state index contributed by atoms with van der Waals surface area (Å²) in [5, 5.41) is 3.31. The summed E-state index contributed by atoms with van der Waals surface area (Å²) >= 11 is 0. The van der Waals surface area contributed by atoms with Crippen LogP contribution in [0.1, 0.15) is 18.7 Å². The lowest BCUT2D eigenvalue weighted by atomic mass is 9.89. The Hall–Kier alpha value is -0.435. The van der Waals surface area contributed by atoms with Crippen molar-refractivity contribution in [2.75, 3.05) is 0 Å². The Labute approximate surface area is 92.2 Å². The van der Waals surface area contributed by atoms with Crippen molar-refractivity contribution in [2.24, 2.45) is 0 Å². The minimum atomic E-state index is -0.204. The second kappa shape index (κ2) is 4.21. The van der Waals surface area contributed by atoms with Gasteiger partial charge in [0.25, 0.3) is 0 Å². The highest BCUT2D eigenvalue weighted by molar-refractivity contribution is 7.17. The maximum absolute atomic E-state index is 12.9. The van der Waals surface area contributed by atoms with Crippen LogP contribution >= 0.6 is 9.24 Å². The molecule has 0 aromatic heterocycles. The first-order valence-corrected chi connectivity index (χ1v) is 5.68. The molecule has 0 aliphatic carbocycles. The van der Waals surface area contributed by atoms with Gasteiger partial charge in [-0.3, -0.25) is 5.32 Å². The summed E-state index contributed by atoms with van der Waals surface area (Å²) in [7, 11) is 4.55. The van der Waals surface area contributed by atoms with Gasteiger partial charge in [0.05, 0.1) is 5.85 Å². The molecule has 1 fully saturated rings. The van der Waals surface area contributed by atoms with Gasteiger partial charge >= 0.3 is 0 Å². The lowest BCUT2D eigenvalue weighted by molar-refractivity contribution is 0.0832. The zero-order valence-electron chi connectivity index (χ0n) is 8.83. The first-order valence-electron chi connectivity index (χ1n) is 5.01. The molecular weight excluding hydrogens is 211 g/mol. The van der Waals surface area contributed by atoms with E-state index in [-0.39, 0.29) is 17.9 Å². The van der Waals surface area contributed by atoms with Crippen LogP contribution in [-0.2, 0) is 4.74 Å². The number of benzene rings is 1. The fourth-order valence-electron chi connectivity index (χ4n) is 1.74. The molecule has 1 heterocycles. The van der Waals surface area contributed by atoms with E-state index in [2.05, 4.69) is 21.5 Å². The van der Waals surface area contributed by atoms with Crippen molar-refractivity contribution in [3.63, 3.8) is 0 Å². The van der Waals surface area contributed by atoms with Gasteiger partial charge in [0, 0.05) is 6.04 Å². The summed E-state index contributed by atoms with van der Waals surface area (Å²) in [5.41, 5.74) is 1.92. The largest absolute Gasteiger partial charge is 0.350 e. The van der Waals surface area contributed by atoms with Crippen LogP contribution in [0.15, 0.2) is 18.2 Å². The molecule has 2 rings (SSSR count). The molecule has 2 nitrogen and oxygen atoms in total. The third kappa shape index (κ3) is 2.22. The third-order valence-corrected chi connectivity index (χ3v) is 3.45. The molecule has 0 amide bonds. The molecule has 15 heavy (non-hydrogen) atoms. The first kappa shape index (κ1) is 11.1. The van der Waals surface area contributed by atoms with Crippen molar-refractivity contribution >= 4 is 22.5 Å². The van der Waals surface area contributed by atoms with Gasteiger partial charge in [-0.15, -0.1) is 9.24 Å². The molecule has 1 aromatic carbocycles. The van der Waals surface area contributed by atoms with E-state index in [1.54, 1.807) is 6.07 Å². The maximum atomic E-state index is 12.9. The normalized spacial score (nSPS) is 30.7. The van der Waals surface area contributed by atoms with Crippen LogP contribution in [0.25, 0.3) is 0 Å². The minimum absolute atomic E-state index is 0.111. The van der Waals surface area contributed by atoms with E-state index in [0.29, 0.717) is 6.04 Å². The topological polar surface area (TPSA) is 21.3 Å². The van der Waals surface area contributed by atoms with E-state index in [0.717, 1.165) is 11.0 Å². The molecule has 1 saturated heterocycles. The van der Waals surface area contributed by atoms with Gasteiger partial charge in [-0.25, -0.2) is 4.39 Å². The van der Waals surface area contributed by atoms with E-state index in [4.69, 9.17) is 4.74 Å². The van der Waals surface area contributed by atoms with Crippen molar-refractivity contribution in [1.29, 1.82) is 0 Å². The molecule has 1 N–H and O–H groups in total. The highest BCUT2D eigenvalue weighted by Gasteiger charge is 2.29. The molecule has 80 valence electrons. The van der Waals surface area contributed by atoms with E-state index in [1.807, 2.05) is 7.85 Å². The standard InChI is InChI=1S/C10H14BFNOP/c1-5-10(15)14-9(13-5)7-3-2-6(12)4-8(7)11/h2-5,9-10,13H,11,15H2,1H3/t5-,9?,10-/m1/s1. The van der Waals surface area contributed by atoms with E-state index in [9.17, 15) is 4.39 Å². The zero-order valence-corrected chi connectivity index (χ0v) is 9.98. The Morgan fingerprint density at radius 1 is 1.53 bits per heavy atom. The molecule has 4 atom stereocenters. The van der Waals surface area contributed by atoms with Gasteiger partial charge in [-0.2, -0.15) is 0 Å². The SMILES string of the molecule is Bc1cc(F)ccc1C1N[C@H](C)[C@@H](P)O1. The fourth-order valence-corrected chi connectivity index (χ4v) is 2.01. The number of hydrogen-bond acceptors (Lipinski definition) is 2. The summed E-state index contributed by atoms with van der Waals surface area (Å²) in [6.07, 6.45) is -0.122. The summed E-state index contributed by atoms with van der Waals surface area (Å²) < 4.78 is 18.6. The van der Waals surface area contributed by atoms with Gasteiger partial charge in [-0.1, -0.05) is 11.5 Å². The predicted octanol–water partition coefficient (Wildman–Crippen LogP) is 0.292. The summed E-state index contributed by atoms with van der Waals surface area (Å²) in [4.78, 5) is 0. The molecule has 0 spiro atoms.